The van der Waals surface area contributed by atoms with Crippen molar-refractivity contribution < 1.29 is 22.8 Å². The van der Waals surface area contributed by atoms with Crippen LogP contribution in [0.25, 0.3) is 0 Å². The maximum atomic E-state index is 13.5. The first-order valence-electron chi connectivity index (χ1n) is 8.34. The minimum atomic E-state index is -0.692. The van der Waals surface area contributed by atoms with Gasteiger partial charge in [-0.1, -0.05) is 0 Å². The number of anilines is 1. The molecule has 1 saturated heterocycles. The first-order chi connectivity index (χ1) is 12.5. The molecule has 1 aromatic heterocycles. The van der Waals surface area contributed by atoms with Gasteiger partial charge in [-0.25, -0.2) is 8.78 Å². The number of rotatable bonds is 5. The molecule has 3 rings (SSSR count). The number of carbonyl (C=O) groups is 2. The molecule has 1 fully saturated rings. The van der Waals surface area contributed by atoms with Gasteiger partial charge in [-0.2, -0.15) is 0 Å². The van der Waals surface area contributed by atoms with Crippen molar-refractivity contribution in [2.45, 2.75) is 6.42 Å². The van der Waals surface area contributed by atoms with Gasteiger partial charge in [0.25, 0.3) is 5.91 Å². The lowest BCUT2D eigenvalue weighted by Gasteiger charge is -2.34. The molecular weight excluding hydrogens is 344 g/mol. The van der Waals surface area contributed by atoms with E-state index in [0.717, 1.165) is 12.1 Å². The van der Waals surface area contributed by atoms with Crippen LogP contribution < -0.4 is 5.32 Å². The van der Waals surface area contributed by atoms with E-state index in [9.17, 15) is 18.4 Å². The number of hydrogen-bond acceptors (Lipinski definition) is 4. The van der Waals surface area contributed by atoms with Crippen LogP contribution in [0.15, 0.2) is 41.0 Å². The van der Waals surface area contributed by atoms with Crippen molar-refractivity contribution in [3.8, 4) is 0 Å². The van der Waals surface area contributed by atoms with Crippen molar-refractivity contribution in [1.82, 2.24) is 9.80 Å². The molecule has 6 nitrogen and oxygen atoms in total. The lowest BCUT2D eigenvalue weighted by atomic mass is 10.2. The lowest BCUT2D eigenvalue weighted by molar-refractivity contribution is -0.132. The summed E-state index contributed by atoms with van der Waals surface area (Å²) in [5, 5.41) is 2.79. The summed E-state index contributed by atoms with van der Waals surface area (Å²) >= 11 is 0. The Morgan fingerprint density at radius 2 is 1.81 bits per heavy atom. The zero-order valence-corrected chi connectivity index (χ0v) is 14.1. The zero-order valence-electron chi connectivity index (χ0n) is 14.1. The van der Waals surface area contributed by atoms with E-state index in [2.05, 4.69) is 5.32 Å². The minimum absolute atomic E-state index is 0.0786. The highest BCUT2D eigenvalue weighted by atomic mass is 19.1. The Morgan fingerprint density at radius 3 is 2.46 bits per heavy atom. The zero-order chi connectivity index (χ0) is 18.5. The van der Waals surface area contributed by atoms with Crippen LogP contribution in [-0.4, -0.2) is 54.3 Å². The van der Waals surface area contributed by atoms with Crippen molar-refractivity contribution in [1.29, 1.82) is 0 Å². The molecule has 26 heavy (non-hydrogen) atoms. The Labute approximate surface area is 149 Å². The summed E-state index contributed by atoms with van der Waals surface area (Å²) in [5.41, 5.74) is 0.160. The number of furan rings is 1. The summed E-state index contributed by atoms with van der Waals surface area (Å²) in [4.78, 5) is 27.7. The molecule has 0 aliphatic carbocycles. The Hall–Kier alpha value is -2.90. The number of hydrogen-bond donors (Lipinski definition) is 1. The number of nitrogens with zero attached hydrogens (tertiary/aromatic N) is 2. The van der Waals surface area contributed by atoms with Gasteiger partial charge >= 0.3 is 0 Å². The summed E-state index contributed by atoms with van der Waals surface area (Å²) in [6.07, 6.45) is 1.63. The van der Waals surface area contributed by atoms with E-state index in [1.54, 1.807) is 21.9 Å². The Morgan fingerprint density at radius 1 is 1.08 bits per heavy atom. The molecule has 2 amide bonds. The number of nitrogens with one attached hydrogen (secondary N) is 1. The predicted octanol–water partition coefficient (Wildman–Crippen LogP) is 2.34. The second kappa shape index (κ2) is 7.99. The van der Waals surface area contributed by atoms with E-state index in [-0.39, 0.29) is 36.2 Å². The average Bonchev–Trinajstić information content (AvgIpc) is 3.17. The Balaban J connectivity index is 1.43. The maximum absolute atomic E-state index is 13.5. The van der Waals surface area contributed by atoms with Crippen molar-refractivity contribution in [2.24, 2.45) is 0 Å². The molecule has 0 radical (unpaired) electrons. The molecule has 1 aliphatic heterocycles. The van der Waals surface area contributed by atoms with Gasteiger partial charge in [-0.05, 0) is 24.3 Å². The predicted molar refractivity (Wildman–Crippen MR) is 90.7 cm³/mol. The molecule has 8 heteroatoms. The van der Waals surface area contributed by atoms with Crippen LogP contribution in [0, 0.1) is 11.6 Å². The van der Waals surface area contributed by atoms with Crippen molar-refractivity contribution >= 4 is 17.5 Å². The van der Waals surface area contributed by atoms with E-state index in [0.29, 0.717) is 26.2 Å². The maximum Gasteiger partial charge on any atom is 0.289 e. The Bertz CT molecular complexity index is 772. The summed E-state index contributed by atoms with van der Waals surface area (Å²) < 4.78 is 31.5. The van der Waals surface area contributed by atoms with E-state index in [1.807, 2.05) is 0 Å². The second-order valence-electron chi connectivity index (χ2n) is 5.95. The van der Waals surface area contributed by atoms with Gasteiger partial charge in [0, 0.05) is 45.2 Å². The molecule has 2 aromatic rings. The van der Waals surface area contributed by atoms with E-state index >= 15 is 0 Å². The molecule has 0 atom stereocenters. The number of carbonyl (C=O) groups excluding carboxylic acids is 2. The standard InChI is InChI=1S/C18H19F2N3O3/c19-13-3-4-15(14(20)12-13)21-6-5-17(24)22-7-9-23(10-8-22)18(25)16-2-1-11-26-16/h1-4,11-12,21H,5-10H2. The van der Waals surface area contributed by atoms with Crippen LogP contribution in [0.1, 0.15) is 17.0 Å². The fourth-order valence-corrected chi connectivity index (χ4v) is 2.81. The van der Waals surface area contributed by atoms with Crippen LogP contribution in [-0.2, 0) is 4.79 Å². The first kappa shape index (κ1) is 17.9. The smallest absolute Gasteiger partial charge is 0.289 e. The molecule has 1 aliphatic rings. The Kier molecular flexibility index (Phi) is 5.50. The molecule has 0 saturated carbocycles. The van der Waals surface area contributed by atoms with Gasteiger partial charge in [-0.15, -0.1) is 0 Å². The number of halogens is 2. The van der Waals surface area contributed by atoms with E-state index in [1.165, 1.54) is 12.3 Å². The van der Waals surface area contributed by atoms with Crippen LogP contribution in [0.2, 0.25) is 0 Å². The molecule has 138 valence electrons. The van der Waals surface area contributed by atoms with Crippen molar-refractivity contribution in [2.75, 3.05) is 38.0 Å². The van der Waals surface area contributed by atoms with E-state index in [4.69, 9.17) is 4.42 Å². The normalized spacial score (nSPS) is 14.4. The van der Waals surface area contributed by atoms with Gasteiger partial charge in [0.05, 0.1) is 12.0 Å². The lowest BCUT2D eigenvalue weighted by Crippen LogP contribution is -2.50. The molecule has 2 heterocycles. The summed E-state index contributed by atoms with van der Waals surface area (Å²) in [6.45, 7) is 2.00. The number of amides is 2. The third-order valence-electron chi connectivity index (χ3n) is 4.24. The van der Waals surface area contributed by atoms with Crippen LogP contribution >= 0.6 is 0 Å². The molecule has 1 N–H and O–H groups in total. The summed E-state index contributed by atoms with van der Waals surface area (Å²) in [6, 6.07) is 6.51. The van der Waals surface area contributed by atoms with Crippen LogP contribution in [0.3, 0.4) is 0 Å². The monoisotopic (exact) mass is 363 g/mol. The van der Waals surface area contributed by atoms with Gasteiger partial charge in [-0.3, -0.25) is 9.59 Å². The molecular formula is C18H19F2N3O3. The van der Waals surface area contributed by atoms with E-state index < -0.39 is 11.6 Å². The molecule has 1 aromatic carbocycles. The molecule has 0 bridgehead atoms. The number of piperazine rings is 1. The molecule has 0 unspecified atom stereocenters. The van der Waals surface area contributed by atoms with Crippen molar-refractivity contribution in [3.05, 3.63) is 54.0 Å². The van der Waals surface area contributed by atoms with Gasteiger partial charge in [0.2, 0.25) is 5.91 Å². The first-order valence-corrected chi connectivity index (χ1v) is 8.34. The highest BCUT2D eigenvalue weighted by molar-refractivity contribution is 5.91. The van der Waals surface area contributed by atoms with Gasteiger partial charge < -0.3 is 19.5 Å². The fourth-order valence-electron chi connectivity index (χ4n) is 2.81. The van der Waals surface area contributed by atoms with Gasteiger partial charge in [0.15, 0.2) is 5.76 Å². The quantitative estimate of drug-likeness (QED) is 0.886. The highest BCUT2D eigenvalue weighted by Gasteiger charge is 2.25. The topological polar surface area (TPSA) is 65.8 Å². The minimum Gasteiger partial charge on any atom is -0.459 e. The SMILES string of the molecule is O=C(CCNc1ccc(F)cc1F)N1CCN(C(=O)c2ccco2)CC1. The highest BCUT2D eigenvalue weighted by Crippen LogP contribution is 2.15. The summed E-state index contributed by atoms with van der Waals surface area (Å²) in [5.74, 6) is -1.32. The molecule has 0 spiro atoms. The fraction of sp³-hybridized carbons (Fsp3) is 0.333. The van der Waals surface area contributed by atoms with Crippen molar-refractivity contribution in [3.63, 3.8) is 0 Å². The van der Waals surface area contributed by atoms with Crippen LogP contribution in [0.4, 0.5) is 14.5 Å². The summed E-state index contributed by atoms with van der Waals surface area (Å²) in [7, 11) is 0. The average molecular weight is 363 g/mol. The van der Waals surface area contributed by atoms with Crippen LogP contribution in [0.5, 0.6) is 0 Å². The number of benzene rings is 1. The third-order valence-corrected chi connectivity index (χ3v) is 4.24. The largest absolute Gasteiger partial charge is 0.459 e. The second-order valence-corrected chi connectivity index (χ2v) is 5.95. The third kappa shape index (κ3) is 4.19. The van der Waals surface area contributed by atoms with Gasteiger partial charge in [0.1, 0.15) is 11.6 Å².